The molecule has 1 aromatic heterocycles. The Labute approximate surface area is 220 Å². The second-order valence-electron chi connectivity index (χ2n) is 11.2. The fourth-order valence-electron chi connectivity index (χ4n) is 5.14. The van der Waals surface area contributed by atoms with Gasteiger partial charge in [-0.25, -0.2) is 4.79 Å². The van der Waals surface area contributed by atoms with Gasteiger partial charge in [0.2, 0.25) is 0 Å². The Kier molecular flexibility index (Phi) is 8.69. The fourth-order valence-corrected chi connectivity index (χ4v) is 5.14. The first kappa shape index (κ1) is 26.9. The van der Waals surface area contributed by atoms with Crippen molar-refractivity contribution in [3.8, 4) is 16.9 Å². The summed E-state index contributed by atoms with van der Waals surface area (Å²) >= 11 is 0. The molecule has 2 amide bonds. The van der Waals surface area contributed by atoms with E-state index >= 15 is 0 Å². The molecule has 0 aliphatic carbocycles. The Bertz CT molecular complexity index is 1080. The van der Waals surface area contributed by atoms with Crippen LogP contribution in [0.15, 0.2) is 42.7 Å². The monoisotopic (exact) mass is 508 g/mol. The number of likely N-dealkylation sites (tertiary alicyclic amines) is 1. The lowest BCUT2D eigenvalue weighted by Gasteiger charge is -2.35. The van der Waals surface area contributed by atoms with Gasteiger partial charge in [0, 0.05) is 56.7 Å². The van der Waals surface area contributed by atoms with Crippen molar-refractivity contribution in [2.45, 2.75) is 45.6 Å². The molecular weight excluding hydrogens is 468 g/mol. The number of carbonyl (C=O) groups excluding carboxylic acids is 2. The molecule has 4 rings (SSSR count). The van der Waals surface area contributed by atoms with Crippen molar-refractivity contribution in [3.63, 3.8) is 0 Å². The van der Waals surface area contributed by atoms with Crippen molar-refractivity contribution >= 4 is 12.0 Å². The molecule has 2 aromatic rings. The summed E-state index contributed by atoms with van der Waals surface area (Å²) < 4.78 is 11.6. The van der Waals surface area contributed by atoms with E-state index in [1.54, 1.807) is 12.4 Å². The molecule has 8 heteroatoms. The molecule has 1 fully saturated rings. The summed E-state index contributed by atoms with van der Waals surface area (Å²) in [7, 11) is 1.87. The van der Waals surface area contributed by atoms with E-state index in [1.807, 2.05) is 68.0 Å². The summed E-state index contributed by atoms with van der Waals surface area (Å²) in [6, 6.07) is 9.77. The number of pyridine rings is 1. The van der Waals surface area contributed by atoms with Gasteiger partial charge in [0.05, 0.1) is 5.56 Å². The van der Waals surface area contributed by atoms with Crippen molar-refractivity contribution in [2.24, 2.45) is 11.8 Å². The first-order valence-electron chi connectivity index (χ1n) is 13.3. The normalized spacial score (nSPS) is 20.0. The van der Waals surface area contributed by atoms with Crippen LogP contribution in [0.5, 0.6) is 5.75 Å². The summed E-state index contributed by atoms with van der Waals surface area (Å²) in [5.74, 6) is 1.54. The second-order valence-corrected chi connectivity index (χ2v) is 11.2. The molecule has 1 unspecified atom stereocenters. The van der Waals surface area contributed by atoms with Gasteiger partial charge in [0.15, 0.2) is 0 Å². The zero-order chi connectivity index (χ0) is 26.4. The lowest BCUT2D eigenvalue weighted by atomic mass is 9.86. The minimum absolute atomic E-state index is 0.0328. The standard InChI is InChI=1S/C29H40N4O4/c1-29(2,3)37-28(35)33-12-9-21(10-13-33)15-22-17-30-11-14-36-26-8-6-5-7-25(26)23-16-24(19-31-18-23)27(34)32(4)20-22/h5-8,16,18-19,21-22,30H,9-15,17,20H2,1-4H3. The zero-order valence-electron chi connectivity index (χ0n) is 22.5. The van der Waals surface area contributed by atoms with Gasteiger partial charge in [0.25, 0.3) is 5.91 Å². The number of para-hydroxylation sites is 1. The summed E-state index contributed by atoms with van der Waals surface area (Å²) in [5.41, 5.74) is 1.89. The van der Waals surface area contributed by atoms with Crippen LogP contribution >= 0.6 is 0 Å². The number of hydrogen-bond donors (Lipinski definition) is 1. The van der Waals surface area contributed by atoms with E-state index < -0.39 is 5.60 Å². The molecule has 8 nitrogen and oxygen atoms in total. The Morgan fingerprint density at radius 2 is 1.86 bits per heavy atom. The first-order valence-corrected chi connectivity index (χ1v) is 13.3. The van der Waals surface area contributed by atoms with Gasteiger partial charge in [-0.3, -0.25) is 9.78 Å². The number of nitrogens with zero attached hydrogens (tertiary/aromatic N) is 3. The van der Waals surface area contributed by atoms with Crippen molar-refractivity contribution < 1.29 is 19.1 Å². The van der Waals surface area contributed by atoms with Crippen LogP contribution in [-0.4, -0.2) is 78.8 Å². The number of fused-ring (bicyclic) bond motifs is 4. The lowest BCUT2D eigenvalue weighted by Crippen LogP contribution is -2.43. The molecule has 2 aliphatic rings. The average molecular weight is 509 g/mol. The van der Waals surface area contributed by atoms with Crippen LogP contribution in [-0.2, 0) is 4.74 Å². The van der Waals surface area contributed by atoms with E-state index in [9.17, 15) is 9.59 Å². The maximum Gasteiger partial charge on any atom is 0.410 e. The van der Waals surface area contributed by atoms with Crippen molar-refractivity contribution in [1.29, 1.82) is 0 Å². The third-order valence-electron chi connectivity index (χ3n) is 6.96. The molecular formula is C29H40N4O4. The molecule has 0 radical (unpaired) electrons. The number of carbonyl (C=O) groups is 2. The Morgan fingerprint density at radius 1 is 1.14 bits per heavy atom. The molecule has 1 atom stereocenters. The predicted molar refractivity (Wildman–Crippen MR) is 144 cm³/mol. The molecule has 2 bridgehead atoms. The number of benzene rings is 1. The molecule has 2 aliphatic heterocycles. The van der Waals surface area contributed by atoms with Crippen LogP contribution in [0.3, 0.4) is 0 Å². The molecule has 0 saturated carbocycles. The molecule has 0 spiro atoms. The van der Waals surface area contributed by atoms with E-state index in [4.69, 9.17) is 9.47 Å². The summed E-state index contributed by atoms with van der Waals surface area (Å²) in [4.78, 5) is 33.8. The minimum atomic E-state index is -0.483. The van der Waals surface area contributed by atoms with Gasteiger partial charge in [-0.2, -0.15) is 0 Å². The van der Waals surface area contributed by atoms with Crippen LogP contribution in [0.1, 0.15) is 50.4 Å². The average Bonchev–Trinajstić information content (AvgIpc) is 2.87. The smallest absolute Gasteiger partial charge is 0.410 e. The lowest BCUT2D eigenvalue weighted by molar-refractivity contribution is 0.0172. The largest absolute Gasteiger partial charge is 0.492 e. The second kappa shape index (κ2) is 11.9. The highest BCUT2D eigenvalue weighted by Crippen LogP contribution is 2.30. The van der Waals surface area contributed by atoms with Gasteiger partial charge in [-0.15, -0.1) is 0 Å². The predicted octanol–water partition coefficient (Wildman–Crippen LogP) is 4.46. The highest BCUT2D eigenvalue weighted by Gasteiger charge is 2.29. The van der Waals surface area contributed by atoms with Gasteiger partial charge < -0.3 is 24.6 Å². The highest BCUT2D eigenvalue weighted by molar-refractivity contribution is 5.95. The zero-order valence-corrected chi connectivity index (χ0v) is 22.5. The Balaban J connectivity index is 1.42. The van der Waals surface area contributed by atoms with Crippen LogP contribution in [0.2, 0.25) is 0 Å². The van der Waals surface area contributed by atoms with Crippen LogP contribution in [0.4, 0.5) is 4.79 Å². The summed E-state index contributed by atoms with van der Waals surface area (Å²) in [6.07, 6.45) is 6.06. The Morgan fingerprint density at radius 3 is 2.62 bits per heavy atom. The highest BCUT2D eigenvalue weighted by atomic mass is 16.6. The van der Waals surface area contributed by atoms with Gasteiger partial charge in [-0.1, -0.05) is 18.2 Å². The fraction of sp³-hybridized carbons (Fsp3) is 0.552. The maximum absolute atomic E-state index is 13.3. The van der Waals surface area contributed by atoms with Gasteiger partial charge in [0.1, 0.15) is 18.0 Å². The van der Waals surface area contributed by atoms with E-state index in [-0.39, 0.29) is 12.0 Å². The number of rotatable bonds is 2. The third-order valence-corrected chi connectivity index (χ3v) is 6.96. The molecule has 1 aromatic carbocycles. The number of piperidine rings is 1. The number of amides is 2. The number of nitrogens with one attached hydrogen (secondary N) is 1. The number of hydrogen-bond acceptors (Lipinski definition) is 6. The number of ether oxygens (including phenoxy) is 2. The minimum Gasteiger partial charge on any atom is -0.492 e. The van der Waals surface area contributed by atoms with Crippen LogP contribution in [0, 0.1) is 11.8 Å². The molecule has 1 saturated heterocycles. The van der Waals surface area contributed by atoms with Crippen LogP contribution < -0.4 is 10.1 Å². The van der Waals surface area contributed by atoms with Crippen molar-refractivity contribution in [1.82, 2.24) is 20.1 Å². The van der Waals surface area contributed by atoms with E-state index in [0.29, 0.717) is 43.6 Å². The summed E-state index contributed by atoms with van der Waals surface area (Å²) in [5, 5.41) is 3.55. The third kappa shape index (κ3) is 7.44. The quantitative estimate of drug-likeness (QED) is 0.645. The van der Waals surface area contributed by atoms with E-state index in [2.05, 4.69) is 10.3 Å². The topological polar surface area (TPSA) is 84.0 Å². The Hall–Kier alpha value is -3.13. The van der Waals surface area contributed by atoms with E-state index in [1.165, 1.54) is 0 Å². The molecule has 1 N–H and O–H groups in total. The number of aromatic nitrogens is 1. The summed E-state index contributed by atoms with van der Waals surface area (Å²) in [6.45, 7) is 9.83. The molecule has 37 heavy (non-hydrogen) atoms. The van der Waals surface area contributed by atoms with Gasteiger partial charge >= 0.3 is 6.09 Å². The maximum atomic E-state index is 13.3. The first-order chi connectivity index (χ1) is 17.7. The van der Waals surface area contributed by atoms with Crippen molar-refractivity contribution in [3.05, 3.63) is 48.3 Å². The van der Waals surface area contributed by atoms with Crippen LogP contribution in [0.25, 0.3) is 11.1 Å². The van der Waals surface area contributed by atoms with E-state index in [0.717, 1.165) is 49.2 Å². The SMILES string of the molecule is CN1CC(CC2CCN(C(=O)OC(C)(C)C)CC2)CNCCOc2ccccc2-c2cncc(c2)C1=O. The molecule has 3 heterocycles. The van der Waals surface area contributed by atoms with Gasteiger partial charge in [-0.05, 0) is 70.5 Å². The molecule has 200 valence electrons. The van der Waals surface area contributed by atoms with Crippen molar-refractivity contribution in [2.75, 3.05) is 46.4 Å².